The van der Waals surface area contributed by atoms with E-state index in [1.165, 1.54) is 16.2 Å². The average Bonchev–Trinajstić information content (AvgIpc) is 2.54. The number of H-pyrrole nitrogens is 1. The van der Waals surface area contributed by atoms with E-state index in [1.54, 1.807) is 0 Å². The summed E-state index contributed by atoms with van der Waals surface area (Å²) in [5, 5.41) is 9.49. The zero-order chi connectivity index (χ0) is 15.5. The molecular formula is C18H18N3S+. The van der Waals surface area contributed by atoms with E-state index in [9.17, 15) is 5.26 Å². The standard InChI is InChI=1S/C18H17N3S/c1-21-10-9-17-16(12-21)14(15(11-19)18(22)20-17)8-7-13-5-3-2-4-6-13/h2-8H,9-10,12H2,1H3,(H,20,22)/p+1/b8-7+. The van der Waals surface area contributed by atoms with Gasteiger partial charge in [-0.1, -0.05) is 54.7 Å². The summed E-state index contributed by atoms with van der Waals surface area (Å²) in [6.45, 7) is 2.01. The minimum absolute atomic E-state index is 0.550. The molecule has 0 saturated carbocycles. The summed E-state index contributed by atoms with van der Waals surface area (Å²) in [7, 11) is 2.18. The molecular weight excluding hydrogens is 290 g/mol. The van der Waals surface area contributed by atoms with Crippen molar-refractivity contribution in [3.05, 3.63) is 62.9 Å². The van der Waals surface area contributed by atoms with Crippen LogP contribution in [0.3, 0.4) is 0 Å². The van der Waals surface area contributed by atoms with Gasteiger partial charge in [0.15, 0.2) is 0 Å². The maximum atomic E-state index is 9.49. The summed E-state index contributed by atoms with van der Waals surface area (Å²) < 4.78 is 0.550. The molecule has 1 aliphatic heterocycles. The number of aromatic amines is 1. The van der Waals surface area contributed by atoms with Crippen LogP contribution in [0.1, 0.15) is 27.9 Å². The first-order valence-corrected chi connectivity index (χ1v) is 7.82. The molecule has 4 heteroatoms. The summed E-state index contributed by atoms with van der Waals surface area (Å²) in [6, 6.07) is 12.4. The Morgan fingerprint density at radius 2 is 2.05 bits per heavy atom. The molecule has 1 aromatic heterocycles. The van der Waals surface area contributed by atoms with Gasteiger partial charge in [-0.2, -0.15) is 5.26 Å². The van der Waals surface area contributed by atoms with Gasteiger partial charge in [0.2, 0.25) is 0 Å². The number of aromatic nitrogens is 1. The lowest BCUT2D eigenvalue weighted by atomic mass is 9.96. The van der Waals surface area contributed by atoms with E-state index >= 15 is 0 Å². The third-order valence-corrected chi connectivity index (χ3v) is 4.39. The summed E-state index contributed by atoms with van der Waals surface area (Å²) in [6.07, 6.45) is 5.06. The van der Waals surface area contributed by atoms with E-state index in [1.807, 2.05) is 24.3 Å². The van der Waals surface area contributed by atoms with Gasteiger partial charge in [-0.05, 0) is 5.56 Å². The summed E-state index contributed by atoms with van der Waals surface area (Å²) in [5.74, 6) is 0. The predicted molar refractivity (Wildman–Crippen MR) is 90.9 cm³/mol. The molecule has 2 aromatic rings. The minimum atomic E-state index is 0.550. The normalized spacial score (nSPS) is 17.2. The highest BCUT2D eigenvalue weighted by Crippen LogP contribution is 2.22. The van der Waals surface area contributed by atoms with Crippen molar-refractivity contribution in [1.82, 2.24) is 4.98 Å². The van der Waals surface area contributed by atoms with Crippen LogP contribution in [0.25, 0.3) is 12.2 Å². The van der Waals surface area contributed by atoms with Crippen LogP contribution in [0.5, 0.6) is 0 Å². The largest absolute Gasteiger partial charge is 0.348 e. The van der Waals surface area contributed by atoms with Gasteiger partial charge >= 0.3 is 0 Å². The van der Waals surface area contributed by atoms with Crippen LogP contribution < -0.4 is 4.90 Å². The number of benzene rings is 1. The van der Waals surface area contributed by atoms with Crippen LogP contribution >= 0.6 is 12.2 Å². The number of nitriles is 1. The van der Waals surface area contributed by atoms with Crippen LogP contribution in [0.15, 0.2) is 30.3 Å². The molecule has 1 aromatic carbocycles. The Labute approximate surface area is 135 Å². The molecule has 0 spiro atoms. The average molecular weight is 308 g/mol. The smallest absolute Gasteiger partial charge is 0.122 e. The lowest BCUT2D eigenvalue weighted by Crippen LogP contribution is -3.08. The molecule has 0 fully saturated rings. The van der Waals surface area contributed by atoms with Crippen LogP contribution in [0, 0.1) is 16.0 Å². The quantitative estimate of drug-likeness (QED) is 0.837. The Morgan fingerprint density at radius 1 is 1.27 bits per heavy atom. The fourth-order valence-electron chi connectivity index (χ4n) is 2.89. The van der Waals surface area contributed by atoms with Gasteiger partial charge in [0, 0.05) is 23.2 Å². The van der Waals surface area contributed by atoms with E-state index < -0.39 is 0 Å². The fraction of sp³-hybridized carbons (Fsp3) is 0.222. The first-order chi connectivity index (χ1) is 10.7. The molecule has 0 amide bonds. The van der Waals surface area contributed by atoms with Gasteiger partial charge < -0.3 is 9.88 Å². The Morgan fingerprint density at radius 3 is 2.77 bits per heavy atom. The molecule has 1 aliphatic rings. The van der Waals surface area contributed by atoms with Gasteiger partial charge in [0.25, 0.3) is 0 Å². The van der Waals surface area contributed by atoms with Crippen LogP contribution in [-0.4, -0.2) is 18.6 Å². The third-order valence-electron chi connectivity index (χ3n) is 4.08. The molecule has 22 heavy (non-hydrogen) atoms. The number of quaternary nitrogens is 1. The number of hydrogen-bond donors (Lipinski definition) is 2. The third kappa shape index (κ3) is 2.87. The Balaban J connectivity index is 2.13. The molecule has 2 N–H and O–H groups in total. The van der Waals surface area contributed by atoms with Crippen LogP contribution in [0.4, 0.5) is 0 Å². The van der Waals surface area contributed by atoms with Gasteiger partial charge in [-0.15, -0.1) is 0 Å². The van der Waals surface area contributed by atoms with Crippen molar-refractivity contribution >= 4 is 24.4 Å². The Kier molecular flexibility index (Phi) is 4.19. The zero-order valence-electron chi connectivity index (χ0n) is 12.5. The van der Waals surface area contributed by atoms with Crippen molar-refractivity contribution in [1.29, 1.82) is 5.26 Å². The summed E-state index contributed by atoms with van der Waals surface area (Å²) in [5.41, 5.74) is 5.08. The lowest BCUT2D eigenvalue weighted by molar-refractivity contribution is -0.895. The van der Waals surface area contributed by atoms with Gasteiger partial charge in [-0.25, -0.2) is 0 Å². The second kappa shape index (κ2) is 6.27. The number of rotatable bonds is 2. The summed E-state index contributed by atoms with van der Waals surface area (Å²) >= 11 is 5.37. The SMILES string of the molecule is C[NH+]1CCc2[nH]c(=S)c(C#N)c(/C=C/c3ccccc3)c2C1. The Bertz CT molecular complexity index is 813. The Hall–Kier alpha value is -2.22. The lowest BCUT2D eigenvalue weighted by Gasteiger charge is -2.24. The minimum Gasteiger partial charge on any atom is -0.348 e. The van der Waals surface area contributed by atoms with Gasteiger partial charge in [0.1, 0.15) is 17.3 Å². The highest BCUT2D eigenvalue weighted by atomic mass is 32.1. The second-order valence-electron chi connectivity index (χ2n) is 5.69. The number of likely N-dealkylation sites (N-methyl/N-ethyl adjacent to an activating group) is 1. The number of fused-ring (bicyclic) bond motifs is 1. The second-order valence-corrected chi connectivity index (χ2v) is 6.10. The topological polar surface area (TPSA) is 44.0 Å². The molecule has 0 radical (unpaired) electrons. The number of pyridine rings is 1. The first kappa shape index (κ1) is 14.7. The van der Waals surface area contributed by atoms with E-state index in [2.05, 4.69) is 36.3 Å². The fourth-order valence-corrected chi connectivity index (χ4v) is 3.17. The van der Waals surface area contributed by atoms with E-state index in [4.69, 9.17) is 12.2 Å². The highest BCUT2D eigenvalue weighted by Gasteiger charge is 2.22. The monoisotopic (exact) mass is 308 g/mol. The molecule has 1 unspecified atom stereocenters. The van der Waals surface area contributed by atoms with Gasteiger partial charge in [-0.3, -0.25) is 0 Å². The predicted octanol–water partition coefficient (Wildman–Crippen LogP) is 2.36. The molecule has 3 rings (SSSR count). The highest BCUT2D eigenvalue weighted by molar-refractivity contribution is 7.71. The maximum absolute atomic E-state index is 9.49. The molecule has 1 atom stereocenters. The molecule has 3 nitrogen and oxygen atoms in total. The molecule has 0 saturated heterocycles. The van der Waals surface area contributed by atoms with E-state index in [-0.39, 0.29) is 0 Å². The van der Waals surface area contributed by atoms with E-state index in [0.717, 1.165) is 30.6 Å². The molecule has 0 bridgehead atoms. The van der Waals surface area contributed by atoms with Crippen molar-refractivity contribution in [3.63, 3.8) is 0 Å². The molecule has 2 heterocycles. The summed E-state index contributed by atoms with van der Waals surface area (Å²) in [4.78, 5) is 4.71. The van der Waals surface area contributed by atoms with Crippen molar-refractivity contribution in [2.75, 3.05) is 13.6 Å². The van der Waals surface area contributed by atoms with Crippen LogP contribution in [-0.2, 0) is 13.0 Å². The molecule has 110 valence electrons. The number of hydrogen-bond acceptors (Lipinski definition) is 2. The zero-order valence-corrected chi connectivity index (χ0v) is 13.3. The number of nitrogens with one attached hydrogen (secondary N) is 2. The first-order valence-electron chi connectivity index (χ1n) is 7.41. The van der Waals surface area contributed by atoms with Crippen molar-refractivity contribution in [2.45, 2.75) is 13.0 Å². The van der Waals surface area contributed by atoms with Crippen molar-refractivity contribution < 1.29 is 4.90 Å². The van der Waals surface area contributed by atoms with Crippen molar-refractivity contribution in [2.24, 2.45) is 0 Å². The maximum Gasteiger partial charge on any atom is 0.122 e. The number of nitrogens with zero attached hydrogens (tertiary/aromatic N) is 1. The van der Waals surface area contributed by atoms with Crippen LogP contribution in [0.2, 0.25) is 0 Å². The molecule has 0 aliphatic carbocycles. The van der Waals surface area contributed by atoms with E-state index in [0.29, 0.717) is 10.2 Å². The van der Waals surface area contributed by atoms with Crippen molar-refractivity contribution in [3.8, 4) is 6.07 Å². The van der Waals surface area contributed by atoms with Gasteiger partial charge in [0.05, 0.1) is 19.2 Å².